The van der Waals surface area contributed by atoms with Gasteiger partial charge in [-0.15, -0.1) is 0 Å². The lowest BCUT2D eigenvalue weighted by Crippen LogP contribution is -2.25. The molecule has 1 aromatic heterocycles. The number of aromatic nitrogens is 1. The van der Waals surface area contributed by atoms with E-state index in [1.807, 2.05) is 6.92 Å². The number of halogens is 8. The van der Waals surface area contributed by atoms with E-state index in [9.17, 15) is 35.1 Å². The summed E-state index contributed by atoms with van der Waals surface area (Å²) in [6, 6.07) is 7.87. The van der Waals surface area contributed by atoms with Gasteiger partial charge in [-0.3, -0.25) is 0 Å². The zero-order valence-corrected chi connectivity index (χ0v) is 21.2. The Hall–Kier alpha value is -4.59. The van der Waals surface area contributed by atoms with Gasteiger partial charge in [0.15, 0.2) is 17.5 Å². The van der Waals surface area contributed by atoms with Crippen LogP contribution >= 0.6 is 0 Å². The number of rotatable bonds is 8. The molecule has 0 aliphatic carbocycles. The lowest BCUT2D eigenvalue weighted by atomic mass is 10.0. The highest BCUT2D eigenvalue weighted by Gasteiger charge is 2.41. The van der Waals surface area contributed by atoms with E-state index in [2.05, 4.69) is 21.6 Å². The number of nitrogens with zero attached hydrogens (tertiary/aromatic N) is 1. The van der Waals surface area contributed by atoms with Crippen LogP contribution in [0, 0.1) is 46.7 Å². The van der Waals surface area contributed by atoms with Crippen LogP contribution in [0.1, 0.15) is 36.6 Å². The minimum absolute atomic E-state index is 0.0878. The zero-order chi connectivity index (χ0) is 29.7. The summed E-state index contributed by atoms with van der Waals surface area (Å²) < 4.78 is 123. The Morgan fingerprint density at radius 1 is 0.756 bits per heavy atom. The third-order valence-electron chi connectivity index (χ3n) is 5.65. The van der Waals surface area contributed by atoms with E-state index in [-0.39, 0.29) is 23.3 Å². The van der Waals surface area contributed by atoms with Gasteiger partial charge in [0.2, 0.25) is 0 Å². The fraction of sp³-hybridized carbons (Fsp3) is 0.167. The number of unbranched alkanes of at least 4 members (excludes halogenated alkanes) is 1. The molecule has 0 aliphatic heterocycles. The molecule has 0 amide bonds. The molecule has 0 radical (unpaired) electrons. The normalized spacial score (nSPS) is 11.1. The van der Waals surface area contributed by atoms with Crippen LogP contribution < -0.4 is 9.47 Å². The van der Waals surface area contributed by atoms with Crippen LogP contribution in [-0.2, 0) is 6.11 Å². The molecule has 0 bridgehead atoms. The van der Waals surface area contributed by atoms with Gasteiger partial charge >= 0.3 is 6.11 Å². The van der Waals surface area contributed by atoms with Crippen molar-refractivity contribution in [1.29, 1.82) is 0 Å². The van der Waals surface area contributed by atoms with Crippen molar-refractivity contribution in [3.8, 4) is 34.5 Å². The van der Waals surface area contributed by atoms with E-state index >= 15 is 0 Å². The molecular formula is C30H19F8NO2. The summed E-state index contributed by atoms with van der Waals surface area (Å²) in [7, 11) is 0. The molecule has 3 nitrogen and oxygen atoms in total. The highest BCUT2D eigenvalue weighted by molar-refractivity contribution is 5.66. The minimum atomic E-state index is -4.77. The fourth-order valence-electron chi connectivity index (χ4n) is 3.63. The average Bonchev–Trinajstić information content (AvgIpc) is 2.90. The molecule has 0 saturated carbocycles. The Bertz CT molecular complexity index is 1580. The highest BCUT2D eigenvalue weighted by atomic mass is 19.3. The first-order chi connectivity index (χ1) is 19.5. The molecule has 1 heterocycles. The molecule has 0 atom stereocenters. The predicted octanol–water partition coefficient (Wildman–Crippen LogP) is 8.29. The second kappa shape index (κ2) is 12.3. The highest BCUT2D eigenvalue weighted by Crippen LogP contribution is 2.38. The van der Waals surface area contributed by atoms with Crippen molar-refractivity contribution in [2.45, 2.75) is 25.9 Å². The van der Waals surface area contributed by atoms with Crippen molar-refractivity contribution in [1.82, 2.24) is 4.98 Å². The van der Waals surface area contributed by atoms with Gasteiger partial charge < -0.3 is 9.47 Å². The maximum absolute atomic E-state index is 14.8. The maximum atomic E-state index is 14.8. The number of benzene rings is 3. The third kappa shape index (κ3) is 6.95. The second-order valence-electron chi connectivity index (χ2n) is 8.66. The lowest BCUT2D eigenvalue weighted by molar-refractivity contribution is -0.189. The molecule has 0 saturated heterocycles. The number of ether oxygens (including phenoxy) is 2. The molecule has 11 heteroatoms. The summed E-state index contributed by atoms with van der Waals surface area (Å²) in [5, 5.41) is 0. The van der Waals surface area contributed by atoms with Crippen LogP contribution in [0.2, 0.25) is 0 Å². The van der Waals surface area contributed by atoms with Crippen LogP contribution in [0.4, 0.5) is 35.1 Å². The summed E-state index contributed by atoms with van der Waals surface area (Å²) in [6.45, 7) is 2.59. The Morgan fingerprint density at radius 2 is 1.44 bits per heavy atom. The first-order valence-corrected chi connectivity index (χ1v) is 12.1. The van der Waals surface area contributed by atoms with Crippen molar-refractivity contribution < 1.29 is 44.6 Å². The minimum Gasteiger partial charge on any atom is -0.492 e. The Kier molecular flexibility index (Phi) is 8.81. The third-order valence-corrected chi connectivity index (χ3v) is 5.65. The van der Waals surface area contributed by atoms with Crippen LogP contribution in [0.25, 0.3) is 11.1 Å². The summed E-state index contributed by atoms with van der Waals surface area (Å²) in [5.74, 6) is -5.44. The quantitative estimate of drug-likeness (QED) is 0.0914. The van der Waals surface area contributed by atoms with Crippen molar-refractivity contribution >= 4 is 0 Å². The van der Waals surface area contributed by atoms with Crippen LogP contribution in [0.3, 0.4) is 0 Å². The number of pyridine rings is 1. The molecule has 212 valence electrons. The monoisotopic (exact) mass is 577 g/mol. The van der Waals surface area contributed by atoms with Gasteiger partial charge in [0.1, 0.15) is 40.2 Å². The number of hydrogen-bond acceptors (Lipinski definition) is 3. The number of hydrogen-bond donors (Lipinski definition) is 0. The summed E-state index contributed by atoms with van der Waals surface area (Å²) in [6.07, 6.45) is -1.39. The van der Waals surface area contributed by atoms with Crippen molar-refractivity contribution in [3.63, 3.8) is 0 Å². The Labute approximate surface area is 229 Å². The zero-order valence-electron chi connectivity index (χ0n) is 21.2. The molecule has 0 N–H and O–H groups in total. The number of alkyl halides is 2. The first kappa shape index (κ1) is 29.4. The van der Waals surface area contributed by atoms with E-state index in [0.29, 0.717) is 30.2 Å². The van der Waals surface area contributed by atoms with Gasteiger partial charge in [-0.2, -0.15) is 8.78 Å². The Balaban J connectivity index is 1.54. The molecule has 3 aromatic carbocycles. The lowest BCUT2D eigenvalue weighted by Gasteiger charge is -2.20. The van der Waals surface area contributed by atoms with Crippen molar-refractivity contribution in [3.05, 3.63) is 113 Å². The molecule has 4 rings (SSSR count). The van der Waals surface area contributed by atoms with Gasteiger partial charge in [-0.05, 0) is 54.3 Å². The Morgan fingerprint density at radius 3 is 2.02 bits per heavy atom. The molecule has 0 spiro atoms. The summed E-state index contributed by atoms with van der Waals surface area (Å²) in [5.41, 5.74) is -2.06. The summed E-state index contributed by atoms with van der Waals surface area (Å²) >= 11 is 0. The topological polar surface area (TPSA) is 31.4 Å². The predicted molar refractivity (Wildman–Crippen MR) is 133 cm³/mol. The fourth-order valence-corrected chi connectivity index (χ4v) is 3.63. The molecule has 4 aromatic rings. The van der Waals surface area contributed by atoms with Crippen molar-refractivity contribution in [2.75, 3.05) is 6.61 Å². The van der Waals surface area contributed by atoms with Crippen LogP contribution in [0.15, 0.2) is 60.8 Å². The standard InChI is InChI=1S/C30H19F8NO2/c1-2-3-10-40-20-8-7-19(39-16-20)6-4-17-5-9-22(23(31)11-17)18-12-24(32)28(25(33)13-18)30(37,38)41-21-14-26(34)29(36)27(35)15-21/h5,7-9,11-16H,2-3,10H2,1H3. The van der Waals surface area contributed by atoms with Gasteiger partial charge in [0.25, 0.3) is 0 Å². The van der Waals surface area contributed by atoms with Crippen LogP contribution in [0.5, 0.6) is 11.5 Å². The van der Waals surface area contributed by atoms with E-state index in [4.69, 9.17) is 4.74 Å². The summed E-state index contributed by atoms with van der Waals surface area (Å²) in [4.78, 5) is 4.15. The first-order valence-electron chi connectivity index (χ1n) is 12.1. The smallest absolute Gasteiger partial charge is 0.432 e. The second-order valence-corrected chi connectivity index (χ2v) is 8.66. The molecular weight excluding hydrogens is 558 g/mol. The van der Waals surface area contributed by atoms with Gasteiger partial charge in [0.05, 0.1) is 12.8 Å². The van der Waals surface area contributed by atoms with E-state index in [0.717, 1.165) is 25.0 Å². The molecule has 0 unspecified atom stereocenters. The van der Waals surface area contributed by atoms with Gasteiger partial charge in [-0.1, -0.05) is 25.3 Å². The van der Waals surface area contributed by atoms with Crippen LogP contribution in [-0.4, -0.2) is 11.6 Å². The van der Waals surface area contributed by atoms with E-state index < -0.39 is 57.9 Å². The SMILES string of the molecule is CCCCOc1ccc(C#Cc2ccc(-c3cc(F)c(C(F)(F)Oc4cc(F)c(F)c(F)c4)c(F)c3)c(F)c2)nc1. The van der Waals surface area contributed by atoms with Crippen molar-refractivity contribution in [2.24, 2.45) is 0 Å². The molecule has 0 fully saturated rings. The molecule has 0 aliphatic rings. The van der Waals surface area contributed by atoms with Gasteiger partial charge in [-0.25, -0.2) is 31.3 Å². The molecule has 41 heavy (non-hydrogen) atoms. The van der Waals surface area contributed by atoms with Gasteiger partial charge in [0, 0.05) is 23.3 Å². The van der Waals surface area contributed by atoms with E-state index in [1.54, 1.807) is 12.1 Å². The van der Waals surface area contributed by atoms with E-state index in [1.165, 1.54) is 12.3 Å². The maximum Gasteiger partial charge on any atom is 0.432 e. The largest absolute Gasteiger partial charge is 0.492 e. The average molecular weight is 577 g/mol.